The molecule has 1 aromatic carbocycles. The number of fused-ring (bicyclic) bond motifs is 1. The fourth-order valence-electron chi connectivity index (χ4n) is 3.65. The number of nitrogens with two attached hydrogens (primary N) is 1. The van der Waals surface area contributed by atoms with Gasteiger partial charge in [0, 0.05) is 27.6 Å². The summed E-state index contributed by atoms with van der Waals surface area (Å²) in [6.45, 7) is 8.94. The molecule has 0 radical (unpaired) electrons. The molecule has 1 aromatic heterocycles. The van der Waals surface area contributed by atoms with E-state index in [2.05, 4.69) is 72.5 Å². The molecule has 1 heterocycles. The smallest absolute Gasteiger partial charge is 0.0469 e. The number of hydrogen-bond donors (Lipinski definition) is 1. The van der Waals surface area contributed by atoms with Gasteiger partial charge in [0.25, 0.3) is 0 Å². The maximum Gasteiger partial charge on any atom is 0.0469 e. The summed E-state index contributed by atoms with van der Waals surface area (Å²) < 4.78 is 3.51. The molecular weight excluding hydrogens is 324 g/mol. The zero-order chi connectivity index (χ0) is 15.4. The Hall–Kier alpha value is -1.06. The van der Waals surface area contributed by atoms with E-state index in [1.165, 1.54) is 28.2 Å². The van der Waals surface area contributed by atoms with Gasteiger partial charge in [0.1, 0.15) is 0 Å². The summed E-state index contributed by atoms with van der Waals surface area (Å²) in [4.78, 5) is 0. The number of aromatic nitrogens is 1. The predicted molar refractivity (Wildman–Crippen MR) is 92.0 cm³/mol. The van der Waals surface area contributed by atoms with Crippen LogP contribution >= 0.6 is 15.9 Å². The molecule has 1 atom stereocenters. The molecule has 3 rings (SSSR count). The van der Waals surface area contributed by atoms with Gasteiger partial charge < -0.3 is 10.3 Å². The van der Waals surface area contributed by atoms with Crippen LogP contribution in [-0.2, 0) is 6.42 Å². The molecular formula is C18H23BrN2. The fourth-order valence-corrected chi connectivity index (χ4v) is 4.25. The molecule has 112 valence electrons. The lowest BCUT2D eigenvalue weighted by atomic mass is 9.74. The van der Waals surface area contributed by atoms with Gasteiger partial charge in [-0.2, -0.15) is 0 Å². The lowest BCUT2D eigenvalue weighted by Crippen LogP contribution is -2.30. The van der Waals surface area contributed by atoms with Gasteiger partial charge in [0.15, 0.2) is 0 Å². The van der Waals surface area contributed by atoms with Crippen molar-refractivity contribution in [3.8, 4) is 5.69 Å². The third-order valence-corrected chi connectivity index (χ3v) is 4.88. The number of benzene rings is 1. The standard InChI is InChI=1S/C18H23BrN2/c1-11-5-13(19)8-14(6-11)21-12(2)7-15-16(20)9-18(3,4)10-17(15)21/h5-8,16H,9-10,20H2,1-4H3. The van der Waals surface area contributed by atoms with Gasteiger partial charge in [-0.3, -0.25) is 0 Å². The quantitative estimate of drug-likeness (QED) is 0.787. The van der Waals surface area contributed by atoms with Crippen LogP contribution in [0.5, 0.6) is 0 Å². The molecule has 1 aliphatic carbocycles. The second-order valence-electron chi connectivity index (χ2n) is 7.16. The highest BCUT2D eigenvalue weighted by Gasteiger charge is 2.33. The summed E-state index contributed by atoms with van der Waals surface area (Å²) in [5, 5.41) is 0. The fraction of sp³-hybridized carbons (Fsp3) is 0.444. The minimum atomic E-state index is 0.150. The normalized spacial score (nSPS) is 20.4. The van der Waals surface area contributed by atoms with Gasteiger partial charge in [-0.25, -0.2) is 0 Å². The van der Waals surface area contributed by atoms with Crippen molar-refractivity contribution in [2.24, 2.45) is 11.1 Å². The van der Waals surface area contributed by atoms with Crippen molar-refractivity contribution in [2.45, 2.75) is 46.6 Å². The van der Waals surface area contributed by atoms with Gasteiger partial charge in [-0.05, 0) is 67.5 Å². The van der Waals surface area contributed by atoms with Crippen molar-refractivity contribution < 1.29 is 0 Å². The maximum atomic E-state index is 6.42. The molecule has 0 saturated carbocycles. The Morgan fingerprint density at radius 2 is 1.90 bits per heavy atom. The molecule has 2 aromatic rings. The summed E-state index contributed by atoms with van der Waals surface area (Å²) in [5.41, 5.74) is 13.1. The van der Waals surface area contributed by atoms with Crippen molar-refractivity contribution in [3.63, 3.8) is 0 Å². The van der Waals surface area contributed by atoms with Gasteiger partial charge >= 0.3 is 0 Å². The Balaban J connectivity index is 2.21. The Kier molecular flexibility index (Phi) is 3.53. The molecule has 2 N–H and O–H groups in total. The average molecular weight is 347 g/mol. The van der Waals surface area contributed by atoms with Crippen LogP contribution < -0.4 is 5.73 Å². The first-order chi connectivity index (χ1) is 9.77. The zero-order valence-electron chi connectivity index (χ0n) is 13.2. The summed E-state index contributed by atoms with van der Waals surface area (Å²) in [5.74, 6) is 0. The third kappa shape index (κ3) is 2.69. The molecule has 1 aliphatic rings. The summed E-state index contributed by atoms with van der Waals surface area (Å²) >= 11 is 3.62. The van der Waals surface area contributed by atoms with Crippen LogP contribution in [-0.4, -0.2) is 4.57 Å². The highest BCUT2D eigenvalue weighted by atomic mass is 79.9. The summed E-state index contributed by atoms with van der Waals surface area (Å²) in [6, 6.07) is 8.99. The van der Waals surface area contributed by atoms with Crippen molar-refractivity contribution >= 4 is 15.9 Å². The van der Waals surface area contributed by atoms with E-state index in [9.17, 15) is 0 Å². The monoisotopic (exact) mass is 346 g/mol. The number of halogens is 1. The molecule has 0 spiro atoms. The van der Waals surface area contributed by atoms with Crippen molar-refractivity contribution in [1.29, 1.82) is 0 Å². The average Bonchev–Trinajstić information content (AvgIpc) is 2.63. The van der Waals surface area contributed by atoms with Crippen LogP contribution in [0.15, 0.2) is 28.7 Å². The largest absolute Gasteiger partial charge is 0.324 e. The molecule has 21 heavy (non-hydrogen) atoms. The second-order valence-corrected chi connectivity index (χ2v) is 8.08. The molecule has 0 bridgehead atoms. The topological polar surface area (TPSA) is 30.9 Å². The van der Waals surface area contributed by atoms with Crippen LogP contribution in [0, 0.1) is 19.3 Å². The second kappa shape index (κ2) is 4.99. The first kappa shape index (κ1) is 14.9. The van der Waals surface area contributed by atoms with Gasteiger partial charge in [-0.15, -0.1) is 0 Å². The molecule has 0 saturated heterocycles. The van der Waals surface area contributed by atoms with Crippen LogP contribution in [0.2, 0.25) is 0 Å². The molecule has 0 aliphatic heterocycles. The SMILES string of the molecule is Cc1cc(Br)cc(-n2c(C)cc3c2CC(C)(C)CC3N)c1. The minimum Gasteiger partial charge on any atom is -0.324 e. The van der Waals surface area contributed by atoms with E-state index in [0.717, 1.165) is 17.3 Å². The van der Waals surface area contributed by atoms with Crippen LogP contribution in [0.1, 0.15) is 48.8 Å². The number of aryl methyl sites for hydroxylation is 2. The lowest BCUT2D eigenvalue weighted by Gasteiger charge is -2.34. The molecule has 0 fully saturated rings. The first-order valence-corrected chi connectivity index (χ1v) is 8.30. The zero-order valence-corrected chi connectivity index (χ0v) is 14.8. The molecule has 3 heteroatoms. The van der Waals surface area contributed by atoms with E-state index >= 15 is 0 Å². The van der Waals surface area contributed by atoms with E-state index < -0.39 is 0 Å². The summed E-state index contributed by atoms with van der Waals surface area (Å²) in [6.07, 6.45) is 2.14. The van der Waals surface area contributed by atoms with Crippen LogP contribution in [0.4, 0.5) is 0 Å². The Morgan fingerprint density at radius 1 is 1.19 bits per heavy atom. The highest BCUT2D eigenvalue weighted by molar-refractivity contribution is 9.10. The maximum absolute atomic E-state index is 6.42. The van der Waals surface area contributed by atoms with E-state index in [1.807, 2.05) is 0 Å². The summed E-state index contributed by atoms with van der Waals surface area (Å²) in [7, 11) is 0. The highest BCUT2D eigenvalue weighted by Crippen LogP contribution is 2.42. The van der Waals surface area contributed by atoms with E-state index in [0.29, 0.717) is 0 Å². The Morgan fingerprint density at radius 3 is 2.57 bits per heavy atom. The minimum absolute atomic E-state index is 0.150. The number of rotatable bonds is 1. The van der Waals surface area contributed by atoms with E-state index in [-0.39, 0.29) is 11.5 Å². The van der Waals surface area contributed by atoms with Gasteiger partial charge in [0.2, 0.25) is 0 Å². The lowest BCUT2D eigenvalue weighted by molar-refractivity contribution is 0.278. The van der Waals surface area contributed by atoms with Gasteiger partial charge in [0.05, 0.1) is 0 Å². The van der Waals surface area contributed by atoms with Gasteiger partial charge in [-0.1, -0.05) is 29.8 Å². The van der Waals surface area contributed by atoms with Crippen molar-refractivity contribution in [3.05, 3.63) is 51.3 Å². The van der Waals surface area contributed by atoms with E-state index in [4.69, 9.17) is 5.73 Å². The Bertz CT molecular complexity index is 677. The third-order valence-electron chi connectivity index (χ3n) is 4.42. The van der Waals surface area contributed by atoms with Crippen molar-refractivity contribution in [2.75, 3.05) is 0 Å². The van der Waals surface area contributed by atoms with Crippen molar-refractivity contribution in [1.82, 2.24) is 4.57 Å². The first-order valence-electron chi connectivity index (χ1n) is 7.51. The molecule has 1 unspecified atom stereocenters. The Labute approximate surface area is 135 Å². The molecule has 0 amide bonds. The predicted octanol–water partition coefficient (Wildman–Crippen LogP) is 4.83. The number of hydrogen-bond acceptors (Lipinski definition) is 1. The van der Waals surface area contributed by atoms with Crippen LogP contribution in [0.3, 0.4) is 0 Å². The molecule has 2 nitrogen and oxygen atoms in total. The van der Waals surface area contributed by atoms with Crippen LogP contribution in [0.25, 0.3) is 5.69 Å². The number of nitrogens with zero attached hydrogens (tertiary/aromatic N) is 1. The van der Waals surface area contributed by atoms with E-state index in [1.54, 1.807) is 0 Å².